The van der Waals surface area contributed by atoms with Crippen LogP contribution in [0.15, 0.2) is 34.7 Å². The molecule has 0 aliphatic carbocycles. The summed E-state index contributed by atoms with van der Waals surface area (Å²) >= 11 is 0. The SMILES string of the molecule is Cc1ccc(NC(=O)CN(C)C(=O)[C@@H](C)OC(=O)c2cc(C)oc2C)cc1. The van der Waals surface area contributed by atoms with Gasteiger partial charge < -0.3 is 19.4 Å². The van der Waals surface area contributed by atoms with Crippen LogP contribution in [-0.4, -0.2) is 42.4 Å². The first-order valence-corrected chi connectivity index (χ1v) is 8.57. The smallest absolute Gasteiger partial charge is 0.342 e. The Morgan fingerprint density at radius 3 is 2.33 bits per heavy atom. The molecular formula is C20H24N2O5. The highest BCUT2D eigenvalue weighted by molar-refractivity contribution is 5.96. The second-order valence-electron chi connectivity index (χ2n) is 6.48. The molecule has 2 rings (SSSR count). The molecule has 27 heavy (non-hydrogen) atoms. The van der Waals surface area contributed by atoms with Gasteiger partial charge in [-0.25, -0.2) is 4.79 Å². The Labute approximate surface area is 158 Å². The lowest BCUT2D eigenvalue weighted by molar-refractivity contribution is -0.140. The van der Waals surface area contributed by atoms with E-state index in [1.165, 1.54) is 18.9 Å². The first-order valence-electron chi connectivity index (χ1n) is 8.57. The molecule has 0 bridgehead atoms. The lowest BCUT2D eigenvalue weighted by Gasteiger charge is -2.21. The zero-order chi connectivity index (χ0) is 20.1. The number of benzene rings is 1. The maximum absolute atomic E-state index is 12.4. The predicted molar refractivity (Wildman–Crippen MR) is 101 cm³/mol. The Hall–Kier alpha value is -3.09. The van der Waals surface area contributed by atoms with Crippen molar-refractivity contribution >= 4 is 23.5 Å². The average Bonchev–Trinajstić information content (AvgIpc) is 2.94. The van der Waals surface area contributed by atoms with E-state index in [-0.39, 0.29) is 18.0 Å². The van der Waals surface area contributed by atoms with E-state index in [1.807, 2.05) is 19.1 Å². The summed E-state index contributed by atoms with van der Waals surface area (Å²) in [5, 5.41) is 2.72. The minimum atomic E-state index is -1.02. The van der Waals surface area contributed by atoms with E-state index < -0.39 is 18.0 Å². The first kappa shape index (κ1) is 20.2. The molecule has 0 aliphatic heterocycles. The summed E-state index contributed by atoms with van der Waals surface area (Å²) in [5.41, 5.74) is 2.02. The molecule has 1 aromatic carbocycles. The van der Waals surface area contributed by atoms with Gasteiger partial charge in [0.25, 0.3) is 5.91 Å². The third kappa shape index (κ3) is 5.44. The van der Waals surface area contributed by atoms with E-state index >= 15 is 0 Å². The fourth-order valence-electron chi connectivity index (χ4n) is 2.55. The largest absolute Gasteiger partial charge is 0.466 e. The second kappa shape index (κ2) is 8.53. The molecular weight excluding hydrogens is 348 g/mol. The summed E-state index contributed by atoms with van der Waals surface area (Å²) in [6.45, 7) is 6.64. The predicted octanol–water partition coefficient (Wildman–Crippen LogP) is 2.85. The zero-order valence-electron chi connectivity index (χ0n) is 16.2. The molecule has 1 N–H and O–H groups in total. The number of carbonyl (C=O) groups excluding carboxylic acids is 3. The fourth-order valence-corrected chi connectivity index (χ4v) is 2.55. The molecule has 7 nitrogen and oxygen atoms in total. The summed E-state index contributed by atoms with van der Waals surface area (Å²) in [7, 11) is 1.48. The zero-order valence-corrected chi connectivity index (χ0v) is 16.2. The summed E-state index contributed by atoms with van der Waals surface area (Å²) < 4.78 is 10.5. The number of esters is 1. The quantitative estimate of drug-likeness (QED) is 0.788. The number of hydrogen-bond acceptors (Lipinski definition) is 5. The van der Waals surface area contributed by atoms with Crippen molar-refractivity contribution in [3.63, 3.8) is 0 Å². The van der Waals surface area contributed by atoms with Crippen molar-refractivity contribution in [2.24, 2.45) is 0 Å². The van der Waals surface area contributed by atoms with Crippen LogP contribution in [-0.2, 0) is 14.3 Å². The molecule has 2 amide bonds. The molecule has 0 saturated carbocycles. The van der Waals surface area contributed by atoms with Gasteiger partial charge in [-0.2, -0.15) is 0 Å². The van der Waals surface area contributed by atoms with Crippen molar-refractivity contribution in [1.82, 2.24) is 4.90 Å². The molecule has 0 unspecified atom stereocenters. The molecule has 1 aromatic heterocycles. The molecule has 2 aromatic rings. The van der Waals surface area contributed by atoms with Crippen LogP contribution in [0.2, 0.25) is 0 Å². The van der Waals surface area contributed by atoms with E-state index in [0.29, 0.717) is 17.2 Å². The van der Waals surface area contributed by atoms with Gasteiger partial charge in [0.2, 0.25) is 5.91 Å². The molecule has 0 radical (unpaired) electrons. The number of furan rings is 1. The van der Waals surface area contributed by atoms with E-state index in [2.05, 4.69) is 5.32 Å². The fraction of sp³-hybridized carbons (Fsp3) is 0.350. The topological polar surface area (TPSA) is 88.9 Å². The van der Waals surface area contributed by atoms with Crippen molar-refractivity contribution in [1.29, 1.82) is 0 Å². The Morgan fingerprint density at radius 2 is 1.78 bits per heavy atom. The van der Waals surface area contributed by atoms with E-state index in [4.69, 9.17) is 9.15 Å². The van der Waals surface area contributed by atoms with Crippen LogP contribution in [0.4, 0.5) is 5.69 Å². The molecule has 7 heteroatoms. The Kier molecular flexibility index (Phi) is 6.39. The number of ether oxygens (including phenoxy) is 1. The minimum absolute atomic E-state index is 0.154. The van der Waals surface area contributed by atoms with Gasteiger partial charge in [-0.3, -0.25) is 9.59 Å². The van der Waals surface area contributed by atoms with Crippen molar-refractivity contribution in [2.45, 2.75) is 33.8 Å². The van der Waals surface area contributed by atoms with Gasteiger partial charge >= 0.3 is 5.97 Å². The van der Waals surface area contributed by atoms with Gasteiger partial charge in [-0.1, -0.05) is 17.7 Å². The van der Waals surface area contributed by atoms with Crippen LogP contribution >= 0.6 is 0 Å². The Morgan fingerprint density at radius 1 is 1.15 bits per heavy atom. The van der Waals surface area contributed by atoms with Crippen LogP contribution in [0, 0.1) is 20.8 Å². The number of nitrogens with zero attached hydrogens (tertiary/aromatic N) is 1. The van der Waals surface area contributed by atoms with Gasteiger partial charge in [-0.05, 0) is 45.9 Å². The highest BCUT2D eigenvalue weighted by atomic mass is 16.5. The van der Waals surface area contributed by atoms with Crippen LogP contribution in [0.5, 0.6) is 0 Å². The van der Waals surface area contributed by atoms with Gasteiger partial charge in [-0.15, -0.1) is 0 Å². The van der Waals surface area contributed by atoms with Crippen LogP contribution in [0.3, 0.4) is 0 Å². The lowest BCUT2D eigenvalue weighted by Crippen LogP contribution is -2.41. The standard InChI is InChI=1S/C20H24N2O5/c1-12-6-8-16(9-7-12)21-18(23)11-22(5)19(24)15(4)27-20(25)17-10-13(2)26-14(17)3/h6-10,15H,11H2,1-5H3,(H,21,23)/t15-/m1/s1. The lowest BCUT2D eigenvalue weighted by atomic mass is 10.2. The number of aryl methyl sites for hydroxylation is 3. The average molecular weight is 372 g/mol. The van der Waals surface area contributed by atoms with E-state index in [9.17, 15) is 14.4 Å². The van der Waals surface area contributed by atoms with Crippen molar-refractivity contribution in [3.8, 4) is 0 Å². The van der Waals surface area contributed by atoms with Crippen molar-refractivity contribution in [3.05, 3.63) is 53.0 Å². The third-order valence-electron chi connectivity index (χ3n) is 3.98. The van der Waals surface area contributed by atoms with Crippen LogP contribution < -0.4 is 5.32 Å². The van der Waals surface area contributed by atoms with Gasteiger partial charge in [0.15, 0.2) is 6.10 Å². The van der Waals surface area contributed by atoms with E-state index in [1.54, 1.807) is 32.0 Å². The number of carbonyl (C=O) groups is 3. The number of amides is 2. The number of nitrogens with one attached hydrogen (secondary N) is 1. The van der Waals surface area contributed by atoms with Gasteiger partial charge in [0.1, 0.15) is 17.1 Å². The molecule has 1 heterocycles. The molecule has 0 saturated heterocycles. The Balaban J connectivity index is 1.89. The summed E-state index contributed by atoms with van der Waals surface area (Å²) in [6, 6.07) is 8.90. The van der Waals surface area contributed by atoms with Crippen LogP contribution in [0.25, 0.3) is 0 Å². The van der Waals surface area contributed by atoms with Gasteiger partial charge in [0, 0.05) is 12.7 Å². The highest BCUT2D eigenvalue weighted by Gasteiger charge is 2.25. The number of anilines is 1. The monoisotopic (exact) mass is 372 g/mol. The maximum Gasteiger partial charge on any atom is 0.342 e. The maximum atomic E-state index is 12.4. The Bertz CT molecular complexity index is 839. The van der Waals surface area contributed by atoms with Gasteiger partial charge in [0.05, 0.1) is 6.54 Å². The molecule has 144 valence electrons. The summed E-state index contributed by atoms with van der Waals surface area (Å²) in [5.74, 6) is -0.427. The third-order valence-corrected chi connectivity index (χ3v) is 3.98. The molecule has 0 spiro atoms. The summed E-state index contributed by atoms with van der Waals surface area (Å²) in [6.07, 6.45) is -1.02. The summed E-state index contributed by atoms with van der Waals surface area (Å²) in [4.78, 5) is 37.9. The number of rotatable bonds is 6. The minimum Gasteiger partial charge on any atom is -0.466 e. The molecule has 0 fully saturated rings. The number of likely N-dealkylation sites (N-methyl/N-ethyl adjacent to an activating group) is 1. The van der Waals surface area contributed by atoms with E-state index in [0.717, 1.165) is 5.56 Å². The normalized spacial score (nSPS) is 11.6. The van der Waals surface area contributed by atoms with Crippen LogP contribution in [0.1, 0.15) is 34.4 Å². The van der Waals surface area contributed by atoms with Crippen molar-refractivity contribution < 1.29 is 23.5 Å². The first-order chi connectivity index (χ1) is 12.7. The highest BCUT2D eigenvalue weighted by Crippen LogP contribution is 2.16. The van der Waals surface area contributed by atoms with Crippen molar-refractivity contribution in [2.75, 3.05) is 18.9 Å². The molecule has 0 aliphatic rings. The second-order valence-corrected chi connectivity index (χ2v) is 6.48. The molecule has 1 atom stereocenters. The number of hydrogen-bond donors (Lipinski definition) is 1.